The minimum atomic E-state index is -0.738. The number of nitrogens with one attached hydrogen (secondary N) is 2. The van der Waals surface area contributed by atoms with Crippen LogP contribution in [0.3, 0.4) is 0 Å². The van der Waals surface area contributed by atoms with Crippen molar-refractivity contribution in [3.63, 3.8) is 0 Å². The molecular weight excluding hydrogens is 260 g/mol. The lowest BCUT2D eigenvalue weighted by Crippen LogP contribution is -2.33. The number of carbonyl (C=O) groups excluding carboxylic acids is 3. The largest absolute Gasteiger partial charge is 0.448 e. The Morgan fingerprint density at radius 3 is 2.55 bits per heavy atom. The van der Waals surface area contributed by atoms with Crippen LogP contribution in [0.2, 0.25) is 0 Å². The molecule has 6 nitrogen and oxygen atoms in total. The maximum Gasteiger partial charge on any atom is 0.406 e. The number of hydrogen-bond donors (Lipinski definition) is 2. The van der Waals surface area contributed by atoms with E-state index in [-0.39, 0.29) is 13.2 Å². The van der Waals surface area contributed by atoms with Crippen LogP contribution in [0, 0.1) is 0 Å². The third kappa shape index (κ3) is 5.81. The van der Waals surface area contributed by atoms with Gasteiger partial charge in [0, 0.05) is 7.05 Å². The van der Waals surface area contributed by atoms with E-state index >= 15 is 0 Å². The van der Waals surface area contributed by atoms with Crippen molar-refractivity contribution >= 4 is 23.9 Å². The molecule has 1 rings (SSSR count). The van der Waals surface area contributed by atoms with Crippen molar-refractivity contribution in [2.75, 3.05) is 20.2 Å². The molecule has 0 bridgehead atoms. The van der Waals surface area contributed by atoms with Crippen LogP contribution in [0.25, 0.3) is 6.08 Å². The molecule has 0 heterocycles. The summed E-state index contributed by atoms with van der Waals surface area (Å²) in [5, 5.41) is 4.62. The Labute approximate surface area is 116 Å². The first-order valence-electron chi connectivity index (χ1n) is 6.03. The molecule has 6 heteroatoms. The number of hydrogen-bond acceptors (Lipinski definition) is 4. The Hall–Kier alpha value is -2.63. The van der Waals surface area contributed by atoms with E-state index in [0.29, 0.717) is 0 Å². The highest BCUT2D eigenvalue weighted by Gasteiger charge is 2.09. The highest BCUT2D eigenvalue weighted by Crippen LogP contribution is 2.00. The first-order valence-corrected chi connectivity index (χ1v) is 6.03. The number of alkyl carbamates (subject to hydrolysis) is 1. The SMILES string of the molecule is CNC(=O)OCCNC(=O)C(=O)C=Cc1ccccc1. The van der Waals surface area contributed by atoms with Gasteiger partial charge in [-0.05, 0) is 11.6 Å². The van der Waals surface area contributed by atoms with Gasteiger partial charge < -0.3 is 15.4 Å². The molecule has 0 saturated carbocycles. The highest BCUT2D eigenvalue weighted by atomic mass is 16.5. The summed E-state index contributed by atoms with van der Waals surface area (Å²) < 4.78 is 4.66. The molecule has 0 saturated heterocycles. The van der Waals surface area contributed by atoms with Crippen LogP contribution >= 0.6 is 0 Å². The van der Waals surface area contributed by atoms with Crippen molar-refractivity contribution in [2.24, 2.45) is 0 Å². The Balaban J connectivity index is 2.31. The minimum Gasteiger partial charge on any atom is -0.448 e. The van der Waals surface area contributed by atoms with Crippen LogP contribution in [0.5, 0.6) is 0 Å². The first-order chi connectivity index (χ1) is 9.63. The van der Waals surface area contributed by atoms with Gasteiger partial charge in [-0.3, -0.25) is 9.59 Å². The van der Waals surface area contributed by atoms with Crippen LogP contribution in [0.15, 0.2) is 36.4 Å². The molecule has 0 spiro atoms. The smallest absolute Gasteiger partial charge is 0.406 e. The lowest BCUT2D eigenvalue weighted by atomic mass is 10.2. The fourth-order valence-corrected chi connectivity index (χ4v) is 1.28. The lowest BCUT2D eigenvalue weighted by Gasteiger charge is -2.04. The predicted octanol–water partition coefficient (Wildman–Crippen LogP) is 0.741. The van der Waals surface area contributed by atoms with Gasteiger partial charge in [-0.25, -0.2) is 4.79 Å². The molecule has 0 fully saturated rings. The molecule has 0 aromatic heterocycles. The third-order valence-electron chi connectivity index (χ3n) is 2.28. The molecule has 0 aliphatic rings. The van der Waals surface area contributed by atoms with E-state index in [4.69, 9.17) is 0 Å². The standard InChI is InChI=1S/C14H16N2O4/c1-15-14(19)20-10-9-16-13(18)12(17)8-7-11-5-3-2-4-6-11/h2-8H,9-10H2,1H3,(H,15,19)(H,16,18). The van der Waals surface area contributed by atoms with Crippen LogP contribution < -0.4 is 10.6 Å². The zero-order chi connectivity index (χ0) is 14.8. The van der Waals surface area contributed by atoms with Gasteiger partial charge in [-0.1, -0.05) is 36.4 Å². The normalized spacial score (nSPS) is 10.1. The fourth-order valence-electron chi connectivity index (χ4n) is 1.28. The second-order valence-electron chi connectivity index (χ2n) is 3.75. The van der Waals surface area contributed by atoms with Crippen molar-refractivity contribution < 1.29 is 19.1 Å². The van der Waals surface area contributed by atoms with Gasteiger partial charge in [-0.15, -0.1) is 0 Å². The van der Waals surface area contributed by atoms with Crippen molar-refractivity contribution in [1.29, 1.82) is 0 Å². The van der Waals surface area contributed by atoms with Crippen LogP contribution in [0.1, 0.15) is 5.56 Å². The average Bonchev–Trinajstić information content (AvgIpc) is 2.49. The average molecular weight is 276 g/mol. The van der Waals surface area contributed by atoms with Crippen molar-refractivity contribution in [3.8, 4) is 0 Å². The molecule has 1 aromatic carbocycles. The molecule has 2 amide bonds. The maximum atomic E-state index is 11.5. The van der Waals surface area contributed by atoms with Gasteiger partial charge in [0.2, 0.25) is 5.78 Å². The van der Waals surface area contributed by atoms with E-state index in [0.717, 1.165) is 5.56 Å². The van der Waals surface area contributed by atoms with E-state index < -0.39 is 17.8 Å². The van der Waals surface area contributed by atoms with Crippen LogP contribution in [-0.2, 0) is 14.3 Å². The number of rotatable bonds is 6. The summed E-state index contributed by atoms with van der Waals surface area (Å²) in [5.74, 6) is -1.40. The second-order valence-corrected chi connectivity index (χ2v) is 3.75. The van der Waals surface area contributed by atoms with Gasteiger partial charge >= 0.3 is 6.09 Å². The van der Waals surface area contributed by atoms with Gasteiger partial charge in [-0.2, -0.15) is 0 Å². The molecule has 0 radical (unpaired) electrons. The zero-order valence-corrected chi connectivity index (χ0v) is 11.1. The number of amides is 2. The number of ketones is 1. The molecule has 0 aliphatic heterocycles. The second kappa shape index (κ2) is 8.47. The Morgan fingerprint density at radius 2 is 1.90 bits per heavy atom. The number of ether oxygens (including phenoxy) is 1. The predicted molar refractivity (Wildman–Crippen MR) is 73.9 cm³/mol. The Bertz CT molecular complexity index is 497. The van der Waals surface area contributed by atoms with Crippen molar-refractivity contribution in [2.45, 2.75) is 0 Å². The van der Waals surface area contributed by atoms with E-state index in [2.05, 4.69) is 15.4 Å². The zero-order valence-electron chi connectivity index (χ0n) is 11.1. The van der Waals surface area contributed by atoms with E-state index in [1.165, 1.54) is 13.1 Å². The molecule has 0 atom stereocenters. The van der Waals surface area contributed by atoms with Crippen molar-refractivity contribution in [1.82, 2.24) is 10.6 Å². The lowest BCUT2D eigenvalue weighted by molar-refractivity contribution is -0.135. The summed E-state index contributed by atoms with van der Waals surface area (Å²) in [6.45, 7) is 0.0816. The monoisotopic (exact) mass is 276 g/mol. The van der Waals surface area contributed by atoms with Gasteiger partial charge in [0.25, 0.3) is 5.91 Å². The summed E-state index contributed by atoms with van der Waals surface area (Å²) in [5.41, 5.74) is 0.830. The summed E-state index contributed by atoms with van der Waals surface area (Å²) in [7, 11) is 1.43. The molecule has 20 heavy (non-hydrogen) atoms. The Kier molecular flexibility index (Phi) is 6.53. The van der Waals surface area contributed by atoms with E-state index in [1.54, 1.807) is 6.08 Å². The fraction of sp³-hybridized carbons (Fsp3) is 0.214. The minimum absolute atomic E-state index is 0.00108. The van der Waals surface area contributed by atoms with Crippen molar-refractivity contribution in [3.05, 3.63) is 42.0 Å². The van der Waals surface area contributed by atoms with E-state index in [1.807, 2.05) is 30.3 Å². The topological polar surface area (TPSA) is 84.5 Å². The number of carbonyl (C=O) groups is 3. The molecule has 1 aromatic rings. The van der Waals surface area contributed by atoms with Crippen LogP contribution in [0.4, 0.5) is 4.79 Å². The molecule has 106 valence electrons. The van der Waals surface area contributed by atoms with Gasteiger partial charge in [0.15, 0.2) is 0 Å². The third-order valence-corrected chi connectivity index (χ3v) is 2.28. The van der Waals surface area contributed by atoms with E-state index in [9.17, 15) is 14.4 Å². The van der Waals surface area contributed by atoms with Crippen LogP contribution in [-0.4, -0.2) is 38.0 Å². The molecule has 2 N–H and O–H groups in total. The maximum absolute atomic E-state index is 11.5. The molecule has 0 aliphatic carbocycles. The summed E-state index contributed by atoms with van der Waals surface area (Å²) in [6.07, 6.45) is 2.17. The summed E-state index contributed by atoms with van der Waals surface area (Å²) in [4.78, 5) is 33.6. The van der Waals surface area contributed by atoms with Gasteiger partial charge in [0.05, 0.1) is 6.54 Å². The summed E-state index contributed by atoms with van der Waals surface area (Å²) in [6, 6.07) is 9.16. The highest BCUT2D eigenvalue weighted by molar-refractivity contribution is 6.41. The number of benzene rings is 1. The first kappa shape index (κ1) is 15.4. The quantitative estimate of drug-likeness (QED) is 0.456. The molecular formula is C14H16N2O4. The molecule has 0 unspecified atom stereocenters. The summed E-state index contributed by atoms with van der Waals surface area (Å²) >= 11 is 0. The van der Waals surface area contributed by atoms with Gasteiger partial charge in [0.1, 0.15) is 6.61 Å². The Morgan fingerprint density at radius 1 is 1.20 bits per heavy atom.